The summed E-state index contributed by atoms with van der Waals surface area (Å²) in [6, 6.07) is 6.11. The van der Waals surface area contributed by atoms with E-state index >= 15 is 0 Å². The van der Waals surface area contributed by atoms with Gasteiger partial charge >= 0.3 is 12.1 Å². The van der Waals surface area contributed by atoms with Gasteiger partial charge in [0.15, 0.2) is 0 Å². The second-order valence-electron chi connectivity index (χ2n) is 10.2. The zero-order chi connectivity index (χ0) is 23.6. The van der Waals surface area contributed by atoms with Crippen molar-refractivity contribution in [1.82, 2.24) is 14.9 Å². The summed E-state index contributed by atoms with van der Waals surface area (Å²) in [4.78, 5) is 37.3. The number of likely N-dealkylation sites (tertiary alicyclic amines) is 1. The number of carbonyl (C=O) groups excluding carboxylic acids is 2. The number of rotatable bonds is 5. The number of aryl methyl sites for hydroxylation is 1. The molecular formula is C25H34N4O4. The van der Waals surface area contributed by atoms with Crippen LogP contribution in [0.4, 0.5) is 10.6 Å². The molecule has 33 heavy (non-hydrogen) atoms. The second kappa shape index (κ2) is 9.15. The Bertz CT molecular complexity index is 1020. The van der Waals surface area contributed by atoms with Crippen molar-refractivity contribution in [2.75, 3.05) is 37.7 Å². The van der Waals surface area contributed by atoms with Crippen molar-refractivity contribution in [3.8, 4) is 0 Å². The fourth-order valence-corrected chi connectivity index (χ4v) is 4.70. The Balaban J connectivity index is 1.39. The van der Waals surface area contributed by atoms with Crippen LogP contribution in [-0.4, -0.2) is 65.3 Å². The predicted molar refractivity (Wildman–Crippen MR) is 126 cm³/mol. The maximum absolute atomic E-state index is 12.4. The lowest BCUT2D eigenvalue weighted by molar-refractivity contribution is -0.143. The number of hydrogen-bond acceptors (Lipinski definition) is 7. The molecule has 0 aliphatic carbocycles. The molecule has 0 saturated carbocycles. The van der Waals surface area contributed by atoms with E-state index in [0.717, 1.165) is 61.3 Å². The Morgan fingerprint density at radius 2 is 1.85 bits per heavy atom. The number of amides is 1. The first-order valence-corrected chi connectivity index (χ1v) is 11.8. The average molecular weight is 455 g/mol. The molecular weight excluding hydrogens is 420 g/mol. The van der Waals surface area contributed by atoms with E-state index in [0.29, 0.717) is 19.4 Å². The van der Waals surface area contributed by atoms with Crippen molar-refractivity contribution in [3.63, 3.8) is 0 Å². The maximum Gasteiger partial charge on any atom is 0.410 e. The lowest BCUT2D eigenvalue weighted by atomic mass is 9.72. The molecule has 4 rings (SSSR count). The Hall–Kier alpha value is -2.90. The molecule has 178 valence electrons. The highest BCUT2D eigenvalue weighted by Crippen LogP contribution is 2.43. The Labute approximate surface area is 195 Å². The Morgan fingerprint density at radius 1 is 1.12 bits per heavy atom. The molecule has 0 bridgehead atoms. The third-order valence-electron chi connectivity index (χ3n) is 6.43. The van der Waals surface area contributed by atoms with Gasteiger partial charge in [-0.15, -0.1) is 0 Å². The van der Waals surface area contributed by atoms with Gasteiger partial charge in [0.05, 0.1) is 12.1 Å². The van der Waals surface area contributed by atoms with Gasteiger partial charge in [0.1, 0.15) is 17.7 Å². The SMILES string of the molecule is CCOC(=O)CCc1ccc2ncnc(N3CC4(CCN(C(=O)OC(C)(C)C)CC4)C3)c2c1. The van der Waals surface area contributed by atoms with Crippen molar-refractivity contribution < 1.29 is 19.1 Å². The third-order valence-corrected chi connectivity index (χ3v) is 6.43. The Morgan fingerprint density at radius 3 is 2.52 bits per heavy atom. The summed E-state index contributed by atoms with van der Waals surface area (Å²) in [6.45, 7) is 11.2. The van der Waals surface area contributed by atoms with Crippen LogP contribution in [0.5, 0.6) is 0 Å². The third kappa shape index (κ3) is 5.37. The topological polar surface area (TPSA) is 84.9 Å². The van der Waals surface area contributed by atoms with E-state index in [-0.39, 0.29) is 17.5 Å². The van der Waals surface area contributed by atoms with Crippen LogP contribution >= 0.6 is 0 Å². The highest BCUT2D eigenvalue weighted by atomic mass is 16.6. The molecule has 0 radical (unpaired) electrons. The molecule has 2 fully saturated rings. The summed E-state index contributed by atoms with van der Waals surface area (Å²) in [5.41, 5.74) is 1.73. The van der Waals surface area contributed by atoms with Gasteiger partial charge in [0.2, 0.25) is 0 Å². The van der Waals surface area contributed by atoms with Crippen LogP contribution in [0, 0.1) is 5.41 Å². The van der Waals surface area contributed by atoms with Crippen LogP contribution in [0.25, 0.3) is 10.9 Å². The zero-order valence-electron chi connectivity index (χ0n) is 20.1. The van der Waals surface area contributed by atoms with Gasteiger partial charge < -0.3 is 19.3 Å². The second-order valence-corrected chi connectivity index (χ2v) is 10.2. The molecule has 2 aromatic rings. The van der Waals surface area contributed by atoms with Gasteiger partial charge in [0.25, 0.3) is 0 Å². The number of anilines is 1. The van der Waals surface area contributed by atoms with E-state index in [1.165, 1.54) is 0 Å². The number of piperidine rings is 1. The van der Waals surface area contributed by atoms with Gasteiger partial charge in [-0.05, 0) is 64.7 Å². The highest BCUT2D eigenvalue weighted by Gasteiger charge is 2.46. The van der Waals surface area contributed by atoms with Crippen LogP contribution in [0.1, 0.15) is 52.5 Å². The first-order chi connectivity index (χ1) is 15.7. The van der Waals surface area contributed by atoms with Gasteiger partial charge in [-0.1, -0.05) is 6.07 Å². The molecule has 1 aromatic carbocycles. The van der Waals surface area contributed by atoms with E-state index < -0.39 is 5.60 Å². The molecule has 8 nitrogen and oxygen atoms in total. The predicted octanol–water partition coefficient (Wildman–Crippen LogP) is 3.96. The maximum atomic E-state index is 12.4. The quantitative estimate of drug-likeness (QED) is 0.632. The number of nitrogens with zero attached hydrogens (tertiary/aromatic N) is 4. The van der Waals surface area contributed by atoms with Crippen molar-refractivity contribution in [2.24, 2.45) is 5.41 Å². The van der Waals surface area contributed by atoms with Crippen molar-refractivity contribution >= 4 is 28.8 Å². The minimum absolute atomic E-state index is 0.176. The molecule has 8 heteroatoms. The first-order valence-electron chi connectivity index (χ1n) is 11.8. The number of benzene rings is 1. The normalized spacial score (nSPS) is 17.7. The van der Waals surface area contributed by atoms with E-state index in [2.05, 4.69) is 20.9 Å². The largest absolute Gasteiger partial charge is 0.466 e. The van der Waals surface area contributed by atoms with Gasteiger partial charge in [-0.25, -0.2) is 14.8 Å². The fourth-order valence-electron chi connectivity index (χ4n) is 4.70. The number of aromatic nitrogens is 2. The van der Waals surface area contributed by atoms with Crippen molar-refractivity contribution in [1.29, 1.82) is 0 Å². The minimum atomic E-state index is -0.470. The fraction of sp³-hybridized carbons (Fsp3) is 0.600. The number of ether oxygens (including phenoxy) is 2. The van der Waals surface area contributed by atoms with Gasteiger partial charge in [-0.3, -0.25) is 4.79 Å². The number of esters is 1. The number of hydrogen-bond donors (Lipinski definition) is 0. The monoisotopic (exact) mass is 454 g/mol. The molecule has 3 heterocycles. The van der Waals surface area contributed by atoms with Crippen molar-refractivity contribution in [3.05, 3.63) is 30.1 Å². The van der Waals surface area contributed by atoms with E-state index in [4.69, 9.17) is 9.47 Å². The lowest BCUT2D eigenvalue weighted by Gasteiger charge is -2.54. The van der Waals surface area contributed by atoms with E-state index in [1.54, 1.807) is 6.33 Å². The van der Waals surface area contributed by atoms with E-state index in [9.17, 15) is 9.59 Å². The summed E-state index contributed by atoms with van der Waals surface area (Å²) in [6.07, 6.45) is 4.33. The molecule has 1 amide bonds. The summed E-state index contributed by atoms with van der Waals surface area (Å²) in [5, 5.41) is 1.01. The van der Waals surface area contributed by atoms with Gasteiger partial charge in [-0.2, -0.15) is 0 Å². The smallest absolute Gasteiger partial charge is 0.410 e. The van der Waals surface area contributed by atoms with Crippen LogP contribution in [-0.2, 0) is 20.7 Å². The molecule has 2 aliphatic rings. The molecule has 1 spiro atoms. The van der Waals surface area contributed by atoms with E-state index in [1.807, 2.05) is 44.7 Å². The Kier molecular flexibility index (Phi) is 6.45. The molecule has 1 aromatic heterocycles. The number of fused-ring (bicyclic) bond motifs is 1. The summed E-state index contributed by atoms with van der Waals surface area (Å²) >= 11 is 0. The minimum Gasteiger partial charge on any atom is -0.466 e. The zero-order valence-corrected chi connectivity index (χ0v) is 20.1. The molecule has 2 aliphatic heterocycles. The summed E-state index contributed by atoms with van der Waals surface area (Å²) in [7, 11) is 0. The summed E-state index contributed by atoms with van der Waals surface area (Å²) < 4.78 is 10.6. The van der Waals surface area contributed by atoms with Crippen molar-refractivity contribution in [2.45, 2.75) is 59.0 Å². The molecule has 0 N–H and O–H groups in total. The average Bonchev–Trinajstić information content (AvgIpc) is 2.75. The van der Waals surface area contributed by atoms with Crippen LogP contribution < -0.4 is 4.90 Å². The standard InChI is InChI=1S/C25H34N4O4/c1-5-32-21(30)9-7-18-6-8-20-19(14-18)22(27-17-26-20)29-15-25(16-29)10-12-28(13-11-25)23(31)33-24(2,3)4/h6,8,14,17H,5,7,9-13,15-16H2,1-4H3. The van der Waals surface area contributed by atoms with Crippen LogP contribution in [0.15, 0.2) is 24.5 Å². The van der Waals surface area contributed by atoms with Crippen LogP contribution in [0.2, 0.25) is 0 Å². The molecule has 0 unspecified atom stereocenters. The van der Waals surface area contributed by atoms with Gasteiger partial charge in [0, 0.05) is 43.4 Å². The lowest BCUT2D eigenvalue weighted by Crippen LogP contribution is -2.61. The molecule has 2 saturated heterocycles. The first kappa shape index (κ1) is 23.3. The summed E-state index contributed by atoms with van der Waals surface area (Å²) in [5.74, 6) is 0.766. The number of carbonyl (C=O) groups is 2. The highest BCUT2D eigenvalue weighted by molar-refractivity contribution is 5.90. The molecule has 0 atom stereocenters. The van der Waals surface area contributed by atoms with Crippen LogP contribution in [0.3, 0.4) is 0 Å².